The largest absolute Gasteiger partial charge is 0.341 e. The lowest BCUT2D eigenvalue weighted by Gasteiger charge is -2.24. The average molecular weight is 299 g/mol. The van der Waals surface area contributed by atoms with Gasteiger partial charge in [0.25, 0.3) is 0 Å². The Morgan fingerprint density at radius 3 is 3.00 bits per heavy atom. The van der Waals surface area contributed by atoms with Crippen molar-refractivity contribution in [2.45, 2.75) is 44.7 Å². The second-order valence-electron chi connectivity index (χ2n) is 5.44. The molecule has 0 spiro atoms. The molecular weight excluding hydrogens is 280 g/mol. The molecular formula is C14H19ClN2OS. The number of thiophene rings is 1. The number of hydrogen-bond acceptors (Lipinski definition) is 3. The van der Waals surface area contributed by atoms with E-state index in [4.69, 9.17) is 11.6 Å². The number of nitrogens with zero attached hydrogens (tertiary/aromatic N) is 1. The van der Waals surface area contributed by atoms with Gasteiger partial charge in [0, 0.05) is 24.0 Å². The summed E-state index contributed by atoms with van der Waals surface area (Å²) in [6, 6.07) is 2.24. The Labute approximate surface area is 122 Å². The van der Waals surface area contributed by atoms with Gasteiger partial charge >= 0.3 is 0 Å². The fourth-order valence-electron chi connectivity index (χ4n) is 3.09. The molecule has 19 heavy (non-hydrogen) atoms. The first-order valence-electron chi connectivity index (χ1n) is 6.98. The second kappa shape index (κ2) is 5.43. The minimum absolute atomic E-state index is 0.104. The molecule has 1 saturated heterocycles. The molecule has 1 aromatic heterocycles. The molecule has 1 fully saturated rings. The van der Waals surface area contributed by atoms with Gasteiger partial charge in [0.05, 0.1) is 10.4 Å². The Morgan fingerprint density at radius 2 is 2.26 bits per heavy atom. The van der Waals surface area contributed by atoms with E-state index in [-0.39, 0.29) is 11.9 Å². The van der Waals surface area contributed by atoms with Crippen LogP contribution in [-0.2, 0) is 11.2 Å². The molecule has 3 nitrogen and oxygen atoms in total. The van der Waals surface area contributed by atoms with E-state index in [0.717, 1.165) is 43.1 Å². The van der Waals surface area contributed by atoms with Gasteiger partial charge in [0.2, 0.25) is 5.91 Å². The molecule has 1 N–H and O–H groups in total. The molecule has 0 saturated carbocycles. The van der Waals surface area contributed by atoms with Crippen LogP contribution in [0.5, 0.6) is 0 Å². The summed E-state index contributed by atoms with van der Waals surface area (Å²) in [7, 11) is 0. The summed E-state index contributed by atoms with van der Waals surface area (Å²) >= 11 is 7.73. The van der Waals surface area contributed by atoms with Gasteiger partial charge in [-0.1, -0.05) is 11.6 Å². The Bertz CT molecular complexity index is 482. The predicted octanol–water partition coefficient (Wildman–Crippen LogP) is 2.99. The van der Waals surface area contributed by atoms with Crippen molar-refractivity contribution in [3.63, 3.8) is 0 Å². The zero-order chi connectivity index (χ0) is 13.4. The molecule has 5 heteroatoms. The van der Waals surface area contributed by atoms with Gasteiger partial charge in [0.15, 0.2) is 0 Å². The van der Waals surface area contributed by atoms with Crippen molar-refractivity contribution in [2.24, 2.45) is 0 Å². The molecule has 1 aromatic rings. The van der Waals surface area contributed by atoms with Crippen molar-refractivity contribution in [3.05, 3.63) is 20.8 Å². The monoisotopic (exact) mass is 298 g/mol. The van der Waals surface area contributed by atoms with Crippen molar-refractivity contribution < 1.29 is 4.79 Å². The van der Waals surface area contributed by atoms with E-state index in [2.05, 4.69) is 11.4 Å². The molecule has 1 aliphatic heterocycles. The Balaban J connectivity index is 1.63. The fourth-order valence-corrected chi connectivity index (χ4v) is 4.44. The number of carbonyl (C=O) groups is 1. The number of nitrogens with one attached hydrogen (secondary N) is 1. The number of carbonyl (C=O) groups excluding carboxylic acids is 1. The van der Waals surface area contributed by atoms with E-state index in [1.807, 2.05) is 11.8 Å². The van der Waals surface area contributed by atoms with E-state index >= 15 is 0 Å². The third-order valence-electron chi connectivity index (χ3n) is 4.09. The first-order chi connectivity index (χ1) is 9.15. The minimum Gasteiger partial charge on any atom is -0.341 e. The number of rotatable bonds is 3. The van der Waals surface area contributed by atoms with E-state index in [1.54, 1.807) is 11.3 Å². The SMILES string of the molecule is CC(NC1CCc2sc(Cl)cc21)C(=O)N1CCCC1. The topological polar surface area (TPSA) is 32.3 Å². The summed E-state index contributed by atoms with van der Waals surface area (Å²) in [5.41, 5.74) is 1.30. The summed E-state index contributed by atoms with van der Waals surface area (Å²) in [6.07, 6.45) is 4.45. The minimum atomic E-state index is -0.104. The standard InChI is InChI=1S/C14H19ClN2OS/c1-9(14(18)17-6-2-3-7-17)16-11-4-5-12-10(11)8-13(15)19-12/h8-9,11,16H,2-7H2,1H3. The molecule has 0 bridgehead atoms. The normalized spacial score (nSPS) is 23.7. The highest BCUT2D eigenvalue weighted by Crippen LogP contribution is 2.39. The van der Waals surface area contributed by atoms with Crippen LogP contribution >= 0.6 is 22.9 Å². The molecule has 3 rings (SSSR count). The predicted molar refractivity (Wildman–Crippen MR) is 78.8 cm³/mol. The van der Waals surface area contributed by atoms with Crippen LogP contribution in [0.25, 0.3) is 0 Å². The van der Waals surface area contributed by atoms with E-state index in [9.17, 15) is 4.79 Å². The Morgan fingerprint density at radius 1 is 1.53 bits per heavy atom. The Kier molecular flexibility index (Phi) is 3.83. The number of likely N-dealkylation sites (tertiary alicyclic amines) is 1. The summed E-state index contributed by atoms with van der Waals surface area (Å²) in [5.74, 6) is 0.243. The van der Waals surface area contributed by atoms with E-state index in [1.165, 1.54) is 10.4 Å². The van der Waals surface area contributed by atoms with Crippen molar-refractivity contribution in [1.29, 1.82) is 0 Å². The van der Waals surface area contributed by atoms with Crippen LogP contribution in [0.15, 0.2) is 6.07 Å². The molecule has 2 aliphatic rings. The molecule has 104 valence electrons. The quantitative estimate of drug-likeness (QED) is 0.930. The number of fused-ring (bicyclic) bond motifs is 1. The Hall–Kier alpha value is -0.580. The number of halogens is 1. The van der Waals surface area contributed by atoms with Crippen molar-refractivity contribution in [3.8, 4) is 0 Å². The molecule has 1 amide bonds. The molecule has 0 aromatic carbocycles. The van der Waals surface area contributed by atoms with Gasteiger partial charge in [-0.05, 0) is 44.2 Å². The van der Waals surface area contributed by atoms with Crippen molar-refractivity contribution in [1.82, 2.24) is 10.2 Å². The van der Waals surface area contributed by atoms with Crippen LogP contribution in [0.4, 0.5) is 0 Å². The molecule has 0 radical (unpaired) electrons. The maximum Gasteiger partial charge on any atom is 0.239 e. The molecule has 1 aliphatic carbocycles. The zero-order valence-electron chi connectivity index (χ0n) is 11.1. The van der Waals surface area contributed by atoms with Gasteiger partial charge in [-0.15, -0.1) is 11.3 Å². The summed E-state index contributed by atoms with van der Waals surface area (Å²) in [4.78, 5) is 15.6. The third-order valence-corrected chi connectivity index (χ3v) is 5.43. The van der Waals surface area contributed by atoms with Crippen molar-refractivity contribution >= 4 is 28.8 Å². The summed E-state index contributed by atoms with van der Waals surface area (Å²) < 4.78 is 0.857. The van der Waals surface area contributed by atoms with Crippen LogP contribution in [0.2, 0.25) is 4.34 Å². The lowest BCUT2D eigenvalue weighted by molar-refractivity contribution is -0.132. The highest BCUT2D eigenvalue weighted by molar-refractivity contribution is 7.16. The van der Waals surface area contributed by atoms with Crippen LogP contribution in [-0.4, -0.2) is 29.9 Å². The number of aryl methyl sites for hydroxylation is 1. The highest BCUT2D eigenvalue weighted by atomic mass is 35.5. The molecule has 2 atom stereocenters. The first-order valence-corrected chi connectivity index (χ1v) is 8.17. The average Bonchev–Trinajstić information content (AvgIpc) is 3.06. The second-order valence-corrected chi connectivity index (χ2v) is 7.21. The van der Waals surface area contributed by atoms with Crippen LogP contribution < -0.4 is 5.32 Å². The maximum atomic E-state index is 12.3. The molecule has 2 heterocycles. The summed E-state index contributed by atoms with van der Waals surface area (Å²) in [5, 5.41) is 3.48. The van der Waals surface area contributed by atoms with Crippen molar-refractivity contribution in [2.75, 3.05) is 13.1 Å². The van der Waals surface area contributed by atoms with E-state index < -0.39 is 0 Å². The first kappa shape index (κ1) is 13.4. The van der Waals surface area contributed by atoms with Crippen LogP contribution in [0.1, 0.15) is 42.7 Å². The van der Waals surface area contributed by atoms with Gasteiger partial charge in [-0.3, -0.25) is 10.1 Å². The lowest BCUT2D eigenvalue weighted by Crippen LogP contribution is -2.44. The van der Waals surface area contributed by atoms with Gasteiger partial charge in [-0.2, -0.15) is 0 Å². The fraction of sp³-hybridized carbons (Fsp3) is 0.643. The van der Waals surface area contributed by atoms with Crippen LogP contribution in [0, 0.1) is 0 Å². The third kappa shape index (κ3) is 2.67. The number of amides is 1. The smallest absolute Gasteiger partial charge is 0.239 e. The van der Waals surface area contributed by atoms with E-state index in [0.29, 0.717) is 6.04 Å². The highest BCUT2D eigenvalue weighted by Gasteiger charge is 2.29. The maximum absolute atomic E-state index is 12.3. The molecule has 2 unspecified atom stereocenters. The summed E-state index contributed by atoms with van der Waals surface area (Å²) in [6.45, 7) is 3.82. The van der Waals surface area contributed by atoms with Gasteiger partial charge in [-0.25, -0.2) is 0 Å². The van der Waals surface area contributed by atoms with Gasteiger partial charge < -0.3 is 4.90 Å². The zero-order valence-corrected chi connectivity index (χ0v) is 12.7. The number of hydrogen-bond donors (Lipinski definition) is 1. The van der Waals surface area contributed by atoms with Crippen LogP contribution in [0.3, 0.4) is 0 Å². The van der Waals surface area contributed by atoms with Gasteiger partial charge in [0.1, 0.15) is 0 Å². The lowest BCUT2D eigenvalue weighted by atomic mass is 10.1.